The average molecular weight is 531 g/mol. The van der Waals surface area contributed by atoms with Gasteiger partial charge in [0.1, 0.15) is 0 Å². The molecule has 5 rings (SSSR count). The summed E-state index contributed by atoms with van der Waals surface area (Å²) in [6.07, 6.45) is 1.81. The number of anilines is 2. The topological polar surface area (TPSA) is 55.9 Å². The number of likely N-dealkylation sites (N-methyl/N-ethyl adjacent to an activating group) is 1. The number of nitrogens with one attached hydrogen (secondary N) is 1. The normalized spacial score (nSPS) is 16.9. The Balaban J connectivity index is 1.13. The van der Waals surface area contributed by atoms with Crippen LogP contribution in [0.5, 0.6) is 0 Å². The fraction of sp³-hybridized carbons (Fsp3) is 0.355. The summed E-state index contributed by atoms with van der Waals surface area (Å²) in [5.41, 5.74) is 5.45. The number of hydrogen-bond acceptors (Lipinski definition) is 4. The monoisotopic (exact) mass is 530 g/mol. The molecule has 2 saturated heterocycles. The number of carbonyl (C=O) groups excluding carboxylic acids is 2. The van der Waals surface area contributed by atoms with Crippen molar-refractivity contribution in [1.82, 2.24) is 9.80 Å². The molecule has 2 heterocycles. The zero-order valence-electron chi connectivity index (χ0n) is 22.1. The van der Waals surface area contributed by atoms with Crippen LogP contribution >= 0.6 is 11.6 Å². The van der Waals surface area contributed by atoms with Gasteiger partial charge in [-0.25, -0.2) is 0 Å². The van der Waals surface area contributed by atoms with Gasteiger partial charge in [-0.2, -0.15) is 0 Å². The van der Waals surface area contributed by atoms with Crippen LogP contribution in [-0.2, 0) is 0 Å². The maximum absolute atomic E-state index is 12.9. The first-order chi connectivity index (χ1) is 18.4. The second kappa shape index (κ2) is 11.6. The van der Waals surface area contributed by atoms with Crippen LogP contribution in [0.1, 0.15) is 50.6 Å². The molecule has 3 aromatic rings. The van der Waals surface area contributed by atoms with Gasteiger partial charge in [0.25, 0.3) is 11.8 Å². The first-order valence-electron chi connectivity index (χ1n) is 13.4. The minimum Gasteiger partial charge on any atom is -0.369 e. The lowest BCUT2D eigenvalue weighted by molar-refractivity contribution is 0.0713. The SMILES string of the molecule is Cc1ccc(C(=O)N2CCC(c3ccc(NC(=O)c4ccc(N5CCN(C)CC5)cc4)cc3)CC2)c(Cl)c1. The molecule has 0 spiro atoms. The van der Waals surface area contributed by atoms with Crippen molar-refractivity contribution in [3.63, 3.8) is 0 Å². The van der Waals surface area contributed by atoms with Gasteiger partial charge in [0.15, 0.2) is 0 Å². The van der Waals surface area contributed by atoms with Crippen molar-refractivity contribution < 1.29 is 9.59 Å². The van der Waals surface area contributed by atoms with Crippen molar-refractivity contribution in [3.8, 4) is 0 Å². The quantitative estimate of drug-likeness (QED) is 0.461. The number of amides is 2. The molecule has 2 aliphatic heterocycles. The second-order valence-corrected chi connectivity index (χ2v) is 10.9. The highest BCUT2D eigenvalue weighted by atomic mass is 35.5. The lowest BCUT2D eigenvalue weighted by Crippen LogP contribution is -2.44. The van der Waals surface area contributed by atoms with E-state index in [9.17, 15) is 9.59 Å². The molecule has 0 radical (unpaired) electrons. The van der Waals surface area contributed by atoms with E-state index in [-0.39, 0.29) is 11.8 Å². The Morgan fingerprint density at radius 1 is 0.842 bits per heavy atom. The molecule has 198 valence electrons. The van der Waals surface area contributed by atoms with Gasteiger partial charge in [0.2, 0.25) is 0 Å². The lowest BCUT2D eigenvalue weighted by atomic mass is 9.89. The van der Waals surface area contributed by atoms with Gasteiger partial charge < -0.3 is 20.0 Å². The molecule has 2 amide bonds. The fourth-order valence-corrected chi connectivity index (χ4v) is 5.63. The molecule has 2 fully saturated rings. The molecule has 0 bridgehead atoms. The first-order valence-corrected chi connectivity index (χ1v) is 13.8. The highest BCUT2D eigenvalue weighted by Gasteiger charge is 2.26. The summed E-state index contributed by atoms with van der Waals surface area (Å²) < 4.78 is 0. The molecule has 0 saturated carbocycles. The molecule has 2 aliphatic rings. The third-order valence-electron chi connectivity index (χ3n) is 7.78. The van der Waals surface area contributed by atoms with Gasteiger partial charge in [-0.05, 0) is 92.4 Å². The van der Waals surface area contributed by atoms with E-state index in [2.05, 4.69) is 34.3 Å². The Morgan fingerprint density at radius 2 is 1.50 bits per heavy atom. The van der Waals surface area contributed by atoms with Crippen molar-refractivity contribution in [3.05, 3.63) is 94.0 Å². The van der Waals surface area contributed by atoms with Crippen LogP contribution in [0.25, 0.3) is 0 Å². The molecular formula is C31H35ClN4O2. The van der Waals surface area contributed by atoms with E-state index in [1.807, 2.05) is 66.4 Å². The lowest BCUT2D eigenvalue weighted by Gasteiger charge is -2.34. The minimum atomic E-state index is -0.107. The van der Waals surface area contributed by atoms with Gasteiger partial charge in [-0.1, -0.05) is 29.8 Å². The smallest absolute Gasteiger partial charge is 0.255 e. The second-order valence-electron chi connectivity index (χ2n) is 10.5. The van der Waals surface area contributed by atoms with Crippen LogP contribution in [0, 0.1) is 6.92 Å². The number of likely N-dealkylation sites (tertiary alicyclic amines) is 1. The van der Waals surface area contributed by atoms with Crippen LogP contribution in [0.15, 0.2) is 66.7 Å². The zero-order chi connectivity index (χ0) is 26.6. The first kappa shape index (κ1) is 26.3. The third kappa shape index (κ3) is 6.03. The number of carbonyl (C=O) groups is 2. The van der Waals surface area contributed by atoms with Crippen LogP contribution in [0.2, 0.25) is 5.02 Å². The number of rotatable bonds is 5. The van der Waals surface area contributed by atoms with Crippen molar-refractivity contribution in [2.75, 3.05) is 56.5 Å². The van der Waals surface area contributed by atoms with Crippen LogP contribution < -0.4 is 10.2 Å². The van der Waals surface area contributed by atoms with Gasteiger partial charge in [0.05, 0.1) is 10.6 Å². The van der Waals surface area contributed by atoms with E-state index >= 15 is 0 Å². The van der Waals surface area contributed by atoms with Crippen molar-refractivity contribution in [2.45, 2.75) is 25.7 Å². The Bertz CT molecular complexity index is 1280. The van der Waals surface area contributed by atoms with Gasteiger partial charge in [0, 0.05) is 56.2 Å². The Labute approximate surface area is 230 Å². The number of aryl methyl sites for hydroxylation is 1. The molecular weight excluding hydrogens is 496 g/mol. The summed E-state index contributed by atoms with van der Waals surface area (Å²) in [6.45, 7) is 7.49. The van der Waals surface area contributed by atoms with E-state index in [1.165, 1.54) is 5.56 Å². The maximum Gasteiger partial charge on any atom is 0.255 e. The van der Waals surface area contributed by atoms with Crippen LogP contribution in [0.3, 0.4) is 0 Å². The predicted octanol–water partition coefficient (Wildman–Crippen LogP) is 5.67. The Hall–Kier alpha value is -3.35. The highest BCUT2D eigenvalue weighted by molar-refractivity contribution is 6.33. The summed E-state index contributed by atoms with van der Waals surface area (Å²) in [6, 6.07) is 21.6. The summed E-state index contributed by atoms with van der Waals surface area (Å²) in [4.78, 5) is 32.3. The number of piperazine rings is 1. The van der Waals surface area contributed by atoms with E-state index in [0.29, 0.717) is 35.2 Å². The molecule has 38 heavy (non-hydrogen) atoms. The third-order valence-corrected chi connectivity index (χ3v) is 8.09. The van der Waals surface area contributed by atoms with Crippen molar-refractivity contribution in [2.24, 2.45) is 0 Å². The molecule has 3 aromatic carbocycles. The van der Waals surface area contributed by atoms with Crippen molar-refractivity contribution in [1.29, 1.82) is 0 Å². The van der Waals surface area contributed by atoms with E-state index in [1.54, 1.807) is 0 Å². The fourth-order valence-electron chi connectivity index (χ4n) is 5.31. The van der Waals surface area contributed by atoms with E-state index < -0.39 is 0 Å². The molecule has 6 nitrogen and oxygen atoms in total. The molecule has 1 N–H and O–H groups in total. The van der Waals surface area contributed by atoms with Gasteiger partial charge in [-0.3, -0.25) is 9.59 Å². The van der Waals surface area contributed by atoms with E-state index in [0.717, 1.165) is 56.0 Å². The average Bonchev–Trinajstić information content (AvgIpc) is 2.94. The number of nitrogens with zero attached hydrogens (tertiary/aromatic N) is 3. The molecule has 0 atom stereocenters. The Kier molecular flexibility index (Phi) is 8.01. The zero-order valence-corrected chi connectivity index (χ0v) is 22.9. The van der Waals surface area contributed by atoms with E-state index in [4.69, 9.17) is 11.6 Å². The summed E-state index contributed by atoms with van der Waals surface area (Å²) in [7, 11) is 2.15. The largest absolute Gasteiger partial charge is 0.369 e. The summed E-state index contributed by atoms with van der Waals surface area (Å²) >= 11 is 6.32. The molecule has 0 unspecified atom stereocenters. The highest BCUT2D eigenvalue weighted by Crippen LogP contribution is 2.30. The minimum absolute atomic E-state index is 0.00285. The summed E-state index contributed by atoms with van der Waals surface area (Å²) in [5.74, 6) is 0.284. The molecule has 0 aliphatic carbocycles. The van der Waals surface area contributed by atoms with Gasteiger partial charge in [-0.15, -0.1) is 0 Å². The standard InChI is InChI=1S/C31H35ClN4O2/c1-22-3-12-28(29(32)21-22)31(38)36-15-13-24(14-16-36)23-4-8-26(9-5-23)33-30(37)25-6-10-27(11-7-25)35-19-17-34(2)18-20-35/h3-12,21,24H,13-20H2,1-2H3,(H,33,37). The number of hydrogen-bond donors (Lipinski definition) is 1. The predicted molar refractivity (Wildman–Crippen MR) is 155 cm³/mol. The number of halogens is 1. The molecule has 0 aromatic heterocycles. The van der Waals surface area contributed by atoms with Gasteiger partial charge >= 0.3 is 0 Å². The summed E-state index contributed by atoms with van der Waals surface area (Å²) in [5, 5.41) is 3.53. The van der Waals surface area contributed by atoms with Crippen molar-refractivity contribution >= 4 is 34.8 Å². The number of benzene rings is 3. The van der Waals surface area contributed by atoms with Crippen LogP contribution in [-0.4, -0.2) is 67.9 Å². The Morgan fingerprint density at radius 3 is 2.13 bits per heavy atom. The maximum atomic E-state index is 12.9. The number of piperidine rings is 1. The molecule has 7 heteroatoms. The van der Waals surface area contributed by atoms with Crippen LogP contribution in [0.4, 0.5) is 11.4 Å².